The molecule has 0 saturated carbocycles. The molecule has 0 radical (unpaired) electrons. The van der Waals surface area contributed by atoms with Crippen LogP contribution in [0.4, 0.5) is 0 Å². The van der Waals surface area contributed by atoms with Crippen LogP contribution < -0.4 is 0 Å². The van der Waals surface area contributed by atoms with Crippen LogP contribution in [-0.4, -0.2) is 54.5 Å². The van der Waals surface area contributed by atoms with Crippen molar-refractivity contribution >= 4 is 11.8 Å². The summed E-state index contributed by atoms with van der Waals surface area (Å²) in [6.45, 7) is 7.12. The third-order valence-electron chi connectivity index (χ3n) is 4.22. The summed E-state index contributed by atoms with van der Waals surface area (Å²) in [6, 6.07) is 7.51. The molecule has 2 rings (SSSR count). The molecule has 0 aliphatic carbocycles. The number of hydrogen-bond donors (Lipinski definition) is 0. The zero-order chi connectivity index (χ0) is 16.3. The summed E-state index contributed by atoms with van der Waals surface area (Å²) >= 11 is 0. The monoisotopic (exact) mass is 304 g/mol. The van der Waals surface area contributed by atoms with E-state index >= 15 is 0 Å². The predicted molar refractivity (Wildman–Crippen MR) is 84.4 cm³/mol. The van der Waals surface area contributed by atoms with Crippen LogP contribution in [0.25, 0.3) is 0 Å². The van der Waals surface area contributed by atoms with E-state index in [9.17, 15) is 9.59 Å². The molecule has 1 fully saturated rings. The van der Waals surface area contributed by atoms with Gasteiger partial charge in [-0.05, 0) is 26.3 Å². The van der Waals surface area contributed by atoms with Gasteiger partial charge in [0.05, 0.1) is 6.04 Å². The van der Waals surface area contributed by atoms with Crippen molar-refractivity contribution in [1.82, 2.24) is 9.80 Å². The van der Waals surface area contributed by atoms with E-state index < -0.39 is 6.10 Å². The summed E-state index contributed by atoms with van der Waals surface area (Å²) in [5.74, 6) is -0.163. The van der Waals surface area contributed by atoms with Crippen molar-refractivity contribution < 1.29 is 14.3 Å². The van der Waals surface area contributed by atoms with Crippen molar-refractivity contribution in [1.29, 1.82) is 0 Å². The molecular weight excluding hydrogens is 280 g/mol. The van der Waals surface area contributed by atoms with Gasteiger partial charge >= 0.3 is 0 Å². The van der Waals surface area contributed by atoms with E-state index in [1.54, 1.807) is 16.8 Å². The van der Waals surface area contributed by atoms with Crippen LogP contribution in [0.15, 0.2) is 24.3 Å². The molecule has 1 aliphatic rings. The summed E-state index contributed by atoms with van der Waals surface area (Å²) in [7, 11) is 1.73. The van der Waals surface area contributed by atoms with Crippen molar-refractivity contribution in [2.24, 2.45) is 0 Å². The third kappa shape index (κ3) is 3.14. The Balaban J connectivity index is 2.35. The van der Waals surface area contributed by atoms with Crippen molar-refractivity contribution in [3.63, 3.8) is 0 Å². The summed E-state index contributed by atoms with van der Waals surface area (Å²) in [4.78, 5) is 28.1. The first-order chi connectivity index (χ1) is 10.5. The first-order valence-corrected chi connectivity index (χ1v) is 7.72. The molecule has 2 atom stereocenters. The van der Waals surface area contributed by atoms with Crippen molar-refractivity contribution in [3.05, 3.63) is 35.4 Å². The lowest BCUT2D eigenvalue weighted by atomic mass is 9.96. The number of carbonyl (C=O) groups excluding carboxylic acids is 2. The number of nitrogens with zero attached hydrogens (tertiary/aromatic N) is 2. The summed E-state index contributed by atoms with van der Waals surface area (Å²) in [5, 5.41) is 0. The van der Waals surface area contributed by atoms with Crippen LogP contribution in [0, 0.1) is 6.92 Å². The van der Waals surface area contributed by atoms with E-state index in [1.807, 2.05) is 45.0 Å². The Morgan fingerprint density at radius 3 is 2.41 bits per heavy atom. The zero-order valence-corrected chi connectivity index (χ0v) is 13.7. The second-order valence-corrected chi connectivity index (χ2v) is 5.60. The van der Waals surface area contributed by atoms with Gasteiger partial charge in [-0.15, -0.1) is 0 Å². The Labute approximate surface area is 131 Å². The van der Waals surface area contributed by atoms with Gasteiger partial charge in [0, 0.05) is 20.1 Å². The number of likely N-dealkylation sites (N-methyl/N-ethyl adjacent to an activating group) is 2. The lowest BCUT2D eigenvalue weighted by Gasteiger charge is -2.40. The average Bonchev–Trinajstić information content (AvgIpc) is 2.52. The van der Waals surface area contributed by atoms with Crippen LogP contribution in [0.3, 0.4) is 0 Å². The molecule has 22 heavy (non-hydrogen) atoms. The lowest BCUT2D eigenvalue weighted by molar-refractivity contribution is -0.167. The number of amides is 2. The van der Waals surface area contributed by atoms with E-state index in [4.69, 9.17) is 4.74 Å². The second-order valence-electron chi connectivity index (χ2n) is 5.60. The highest BCUT2D eigenvalue weighted by Crippen LogP contribution is 2.30. The number of benzene rings is 1. The highest BCUT2D eigenvalue weighted by Gasteiger charge is 2.41. The molecule has 0 N–H and O–H groups in total. The van der Waals surface area contributed by atoms with Gasteiger partial charge in [-0.2, -0.15) is 0 Å². The molecule has 120 valence electrons. The molecule has 1 aliphatic heterocycles. The molecule has 1 aromatic rings. The topological polar surface area (TPSA) is 49.9 Å². The van der Waals surface area contributed by atoms with Crippen LogP contribution in [0.2, 0.25) is 0 Å². The SMILES string of the molecule is CCN(CC)C(=O)[C@H]1OCC(=O)N(C)[C@H]1c1ccc(C)cc1. The van der Waals surface area contributed by atoms with Gasteiger partial charge in [0.15, 0.2) is 6.10 Å². The fourth-order valence-corrected chi connectivity index (χ4v) is 2.80. The molecule has 1 aromatic carbocycles. The van der Waals surface area contributed by atoms with Crippen LogP contribution in [-0.2, 0) is 14.3 Å². The Bertz CT molecular complexity index is 537. The van der Waals surface area contributed by atoms with Crippen molar-refractivity contribution in [2.45, 2.75) is 32.9 Å². The first-order valence-electron chi connectivity index (χ1n) is 7.72. The Hall–Kier alpha value is -1.88. The maximum atomic E-state index is 12.7. The average molecular weight is 304 g/mol. The molecule has 0 unspecified atom stereocenters. The Morgan fingerprint density at radius 1 is 1.27 bits per heavy atom. The van der Waals surface area contributed by atoms with Gasteiger partial charge in [0.2, 0.25) is 5.91 Å². The maximum absolute atomic E-state index is 12.7. The van der Waals surface area contributed by atoms with Gasteiger partial charge in [0.25, 0.3) is 5.91 Å². The summed E-state index contributed by atoms with van der Waals surface area (Å²) in [5.41, 5.74) is 2.06. The van der Waals surface area contributed by atoms with Crippen molar-refractivity contribution in [3.8, 4) is 0 Å². The third-order valence-corrected chi connectivity index (χ3v) is 4.22. The van der Waals surface area contributed by atoms with E-state index in [-0.39, 0.29) is 24.5 Å². The summed E-state index contributed by atoms with van der Waals surface area (Å²) in [6.07, 6.45) is -0.648. The van der Waals surface area contributed by atoms with Crippen LogP contribution >= 0.6 is 0 Å². The maximum Gasteiger partial charge on any atom is 0.254 e. The van der Waals surface area contributed by atoms with Crippen LogP contribution in [0.5, 0.6) is 0 Å². The molecule has 0 bridgehead atoms. The highest BCUT2D eigenvalue weighted by atomic mass is 16.5. The van der Waals surface area contributed by atoms with Gasteiger partial charge < -0.3 is 14.5 Å². The zero-order valence-electron chi connectivity index (χ0n) is 13.7. The fourth-order valence-electron chi connectivity index (χ4n) is 2.80. The highest BCUT2D eigenvalue weighted by molar-refractivity contribution is 5.86. The normalized spacial score (nSPS) is 21.8. The van der Waals surface area contributed by atoms with Gasteiger partial charge in [-0.3, -0.25) is 9.59 Å². The minimum atomic E-state index is -0.648. The quantitative estimate of drug-likeness (QED) is 0.852. The number of hydrogen-bond acceptors (Lipinski definition) is 3. The smallest absolute Gasteiger partial charge is 0.254 e. The molecule has 0 aromatic heterocycles. The van der Waals surface area contributed by atoms with Crippen LogP contribution in [0.1, 0.15) is 31.0 Å². The van der Waals surface area contributed by atoms with E-state index in [0.29, 0.717) is 13.1 Å². The van der Waals surface area contributed by atoms with Gasteiger partial charge in [-0.1, -0.05) is 29.8 Å². The molecule has 1 saturated heterocycles. The van der Waals surface area contributed by atoms with Gasteiger partial charge in [-0.25, -0.2) is 0 Å². The predicted octanol–water partition coefficient (Wildman–Crippen LogP) is 1.76. The first kappa shape index (κ1) is 16.5. The minimum Gasteiger partial charge on any atom is -0.356 e. The Morgan fingerprint density at radius 2 is 1.86 bits per heavy atom. The Kier molecular flexibility index (Phi) is 5.19. The second kappa shape index (κ2) is 6.92. The number of morpholine rings is 1. The minimum absolute atomic E-state index is 0.0451. The molecule has 1 heterocycles. The molecule has 2 amide bonds. The van der Waals surface area contributed by atoms with E-state index in [1.165, 1.54) is 0 Å². The van der Waals surface area contributed by atoms with E-state index in [0.717, 1.165) is 11.1 Å². The summed E-state index contributed by atoms with van der Waals surface area (Å²) < 4.78 is 5.62. The molecule has 5 nitrogen and oxygen atoms in total. The van der Waals surface area contributed by atoms with E-state index in [2.05, 4.69) is 0 Å². The molecule has 0 spiro atoms. The number of aryl methyl sites for hydroxylation is 1. The number of carbonyl (C=O) groups is 2. The largest absolute Gasteiger partial charge is 0.356 e. The standard InChI is InChI=1S/C17H24N2O3/c1-5-19(6-2)17(21)16-15(18(4)14(20)11-22-16)13-9-7-12(3)8-10-13/h7-10,15-16H,5-6,11H2,1-4H3/t15-,16-/m0/s1. The number of ether oxygens (including phenoxy) is 1. The molecule has 5 heteroatoms. The number of rotatable bonds is 4. The fraction of sp³-hybridized carbons (Fsp3) is 0.529. The lowest BCUT2D eigenvalue weighted by Crippen LogP contribution is -2.53. The molecular formula is C17H24N2O3. The van der Waals surface area contributed by atoms with Gasteiger partial charge in [0.1, 0.15) is 6.61 Å². The van der Waals surface area contributed by atoms with Crippen molar-refractivity contribution in [2.75, 3.05) is 26.7 Å².